The summed E-state index contributed by atoms with van der Waals surface area (Å²) in [5.41, 5.74) is 7.01. The lowest BCUT2D eigenvalue weighted by atomic mass is 10.1. The van der Waals surface area contributed by atoms with Crippen molar-refractivity contribution in [2.45, 2.75) is 12.5 Å². The van der Waals surface area contributed by atoms with Gasteiger partial charge in [-0.05, 0) is 23.1 Å². The monoisotopic (exact) mass is 298 g/mol. The van der Waals surface area contributed by atoms with Gasteiger partial charge < -0.3 is 15.8 Å². The van der Waals surface area contributed by atoms with Crippen LogP contribution < -0.4 is 15.8 Å². The summed E-state index contributed by atoms with van der Waals surface area (Å²) in [6.07, 6.45) is 1.03. The predicted octanol–water partition coefficient (Wildman–Crippen LogP) is 2.69. The van der Waals surface area contributed by atoms with Gasteiger partial charge in [0.15, 0.2) is 0 Å². The molecule has 0 bridgehead atoms. The molecule has 0 aliphatic carbocycles. The molecule has 0 saturated carbocycles. The first-order valence-corrected chi connectivity index (χ1v) is 7.67. The number of rotatable bonds is 3. The van der Waals surface area contributed by atoms with Gasteiger partial charge >= 0.3 is 0 Å². The first kappa shape index (κ1) is 12.4. The highest BCUT2D eigenvalue weighted by atomic mass is 32.1. The van der Waals surface area contributed by atoms with Gasteiger partial charge in [-0.15, -0.1) is 11.3 Å². The van der Waals surface area contributed by atoms with Crippen LogP contribution in [0.1, 0.15) is 5.56 Å². The molecule has 0 spiro atoms. The van der Waals surface area contributed by atoms with E-state index in [4.69, 9.17) is 10.5 Å². The highest BCUT2D eigenvalue weighted by Crippen LogP contribution is 2.29. The minimum atomic E-state index is 0.118. The van der Waals surface area contributed by atoms with Crippen LogP contribution in [-0.2, 0) is 6.42 Å². The van der Waals surface area contributed by atoms with Crippen molar-refractivity contribution in [1.29, 1.82) is 0 Å². The maximum absolute atomic E-state index is 5.92. The molecule has 3 N–H and O–H groups in total. The molecule has 1 aromatic carbocycles. The van der Waals surface area contributed by atoms with Crippen molar-refractivity contribution in [3.63, 3.8) is 0 Å². The van der Waals surface area contributed by atoms with Crippen molar-refractivity contribution in [2.75, 3.05) is 17.6 Å². The minimum Gasteiger partial charge on any atom is -0.488 e. The Bertz CT molecular complexity index is 776. The maximum atomic E-state index is 5.92. The summed E-state index contributed by atoms with van der Waals surface area (Å²) in [5.74, 6) is 2.05. The van der Waals surface area contributed by atoms with Crippen molar-refractivity contribution in [1.82, 2.24) is 9.97 Å². The summed E-state index contributed by atoms with van der Waals surface area (Å²) < 4.78 is 5.92. The van der Waals surface area contributed by atoms with Crippen LogP contribution in [0, 0.1) is 0 Å². The van der Waals surface area contributed by atoms with E-state index in [0.717, 1.165) is 28.2 Å². The molecule has 1 aliphatic rings. The fourth-order valence-corrected chi connectivity index (χ4v) is 3.36. The molecular formula is C15H14N4OS. The lowest BCUT2D eigenvalue weighted by molar-refractivity contribution is 0.246. The number of aromatic nitrogens is 2. The zero-order valence-corrected chi connectivity index (χ0v) is 12.1. The summed E-state index contributed by atoms with van der Waals surface area (Å²) in [4.78, 5) is 9.42. The third-order valence-electron chi connectivity index (χ3n) is 3.55. The fraction of sp³-hybridized carbons (Fsp3) is 0.200. The number of fused-ring (bicyclic) bond motifs is 2. The largest absolute Gasteiger partial charge is 0.488 e. The molecule has 5 nitrogen and oxygen atoms in total. The standard InChI is InChI=1S/C15H14N4OS/c16-15-18-13(11-5-6-21-14(11)19-15)17-8-10-7-9-3-1-2-4-12(9)20-10/h1-6,10H,7-8H2,(H3,16,17,18,19). The maximum Gasteiger partial charge on any atom is 0.223 e. The van der Waals surface area contributed by atoms with Gasteiger partial charge in [0.05, 0.1) is 11.9 Å². The number of nitrogen functional groups attached to an aromatic ring is 1. The van der Waals surface area contributed by atoms with Gasteiger partial charge in [-0.1, -0.05) is 18.2 Å². The molecule has 0 fully saturated rings. The van der Waals surface area contributed by atoms with Crippen LogP contribution in [0.3, 0.4) is 0 Å². The van der Waals surface area contributed by atoms with Gasteiger partial charge in [-0.3, -0.25) is 0 Å². The third-order valence-corrected chi connectivity index (χ3v) is 4.36. The average Bonchev–Trinajstić information content (AvgIpc) is 3.10. The van der Waals surface area contributed by atoms with Gasteiger partial charge in [-0.2, -0.15) is 4.98 Å². The van der Waals surface area contributed by atoms with Crippen LogP contribution in [-0.4, -0.2) is 22.6 Å². The molecule has 0 amide bonds. The first-order chi connectivity index (χ1) is 10.3. The Morgan fingerprint density at radius 2 is 2.19 bits per heavy atom. The first-order valence-electron chi connectivity index (χ1n) is 6.79. The van der Waals surface area contributed by atoms with E-state index >= 15 is 0 Å². The molecule has 1 aliphatic heterocycles. The Balaban J connectivity index is 1.51. The van der Waals surface area contributed by atoms with Crippen LogP contribution in [0.4, 0.5) is 11.8 Å². The number of benzene rings is 1. The SMILES string of the molecule is Nc1nc(NCC2Cc3ccccc3O2)c2ccsc2n1. The van der Waals surface area contributed by atoms with Gasteiger partial charge in [0.2, 0.25) is 5.95 Å². The van der Waals surface area contributed by atoms with Crippen LogP contribution in [0.2, 0.25) is 0 Å². The molecule has 4 rings (SSSR count). The molecule has 1 atom stereocenters. The third kappa shape index (κ3) is 2.27. The van der Waals surface area contributed by atoms with Crippen molar-refractivity contribution in [3.05, 3.63) is 41.3 Å². The van der Waals surface area contributed by atoms with Crippen LogP contribution in [0.25, 0.3) is 10.2 Å². The second-order valence-electron chi connectivity index (χ2n) is 5.00. The number of nitrogens with zero attached hydrogens (tertiary/aromatic N) is 2. The number of anilines is 2. The highest BCUT2D eigenvalue weighted by molar-refractivity contribution is 7.16. The van der Waals surface area contributed by atoms with Gasteiger partial charge in [0, 0.05) is 6.42 Å². The van der Waals surface area contributed by atoms with Crippen LogP contribution >= 0.6 is 11.3 Å². The second-order valence-corrected chi connectivity index (χ2v) is 5.90. The van der Waals surface area contributed by atoms with Gasteiger partial charge in [-0.25, -0.2) is 4.98 Å². The molecule has 1 unspecified atom stereocenters. The van der Waals surface area contributed by atoms with Crippen LogP contribution in [0.5, 0.6) is 5.75 Å². The molecule has 3 heterocycles. The van der Waals surface area contributed by atoms with Gasteiger partial charge in [0.25, 0.3) is 0 Å². The zero-order valence-electron chi connectivity index (χ0n) is 11.2. The van der Waals surface area contributed by atoms with Crippen LogP contribution in [0.15, 0.2) is 35.7 Å². The summed E-state index contributed by atoms with van der Waals surface area (Å²) in [5, 5.41) is 6.34. The highest BCUT2D eigenvalue weighted by Gasteiger charge is 2.22. The number of thiophene rings is 1. The fourth-order valence-electron chi connectivity index (χ4n) is 2.58. The molecule has 0 radical (unpaired) electrons. The van der Waals surface area contributed by atoms with E-state index in [1.807, 2.05) is 29.6 Å². The van der Waals surface area contributed by atoms with E-state index in [0.29, 0.717) is 12.5 Å². The number of nitrogens with one attached hydrogen (secondary N) is 1. The lowest BCUT2D eigenvalue weighted by Crippen LogP contribution is -2.24. The van der Waals surface area contributed by atoms with E-state index < -0.39 is 0 Å². The van der Waals surface area contributed by atoms with E-state index in [-0.39, 0.29) is 6.10 Å². The second kappa shape index (κ2) is 4.89. The molecule has 106 valence electrons. The van der Waals surface area contributed by atoms with Crippen molar-refractivity contribution in [2.24, 2.45) is 0 Å². The van der Waals surface area contributed by atoms with E-state index in [1.54, 1.807) is 11.3 Å². The number of hydrogen-bond donors (Lipinski definition) is 2. The van der Waals surface area contributed by atoms with E-state index in [2.05, 4.69) is 21.4 Å². The number of nitrogens with two attached hydrogens (primary N) is 1. The Morgan fingerprint density at radius 1 is 1.29 bits per heavy atom. The topological polar surface area (TPSA) is 73.1 Å². The quantitative estimate of drug-likeness (QED) is 0.777. The smallest absolute Gasteiger partial charge is 0.223 e. The lowest BCUT2D eigenvalue weighted by Gasteiger charge is -2.13. The predicted molar refractivity (Wildman–Crippen MR) is 84.9 cm³/mol. The Labute approximate surface area is 125 Å². The Hall–Kier alpha value is -2.34. The average molecular weight is 298 g/mol. The summed E-state index contributed by atoms with van der Waals surface area (Å²) in [7, 11) is 0. The van der Waals surface area contributed by atoms with Crippen molar-refractivity contribution in [3.8, 4) is 5.75 Å². The Morgan fingerprint density at radius 3 is 3.10 bits per heavy atom. The van der Waals surface area contributed by atoms with Crippen molar-refractivity contribution >= 4 is 33.3 Å². The molecule has 21 heavy (non-hydrogen) atoms. The van der Waals surface area contributed by atoms with Gasteiger partial charge in [0.1, 0.15) is 22.5 Å². The molecular weight excluding hydrogens is 284 g/mol. The Kier molecular flexibility index (Phi) is 2.89. The van der Waals surface area contributed by atoms with E-state index in [1.165, 1.54) is 5.56 Å². The normalized spacial score (nSPS) is 16.7. The summed E-state index contributed by atoms with van der Waals surface area (Å²) in [6.45, 7) is 0.691. The zero-order chi connectivity index (χ0) is 14.2. The molecule has 3 aromatic rings. The minimum absolute atomic E-state index is 0.118. The number of ether oxygens (including phenoxy) is 1. The van der Waals surface area contributed by atoms with Crippen molar-refractivity contribution < 1.29 is 4.74 Å². The summed E-state index contributed by atoms with van der Waals surface area (Å²) in [6, 6.07) is 10.2. The number of hydrogen-bond acceptors (Lipinski definition) is 6. The molecule has 6 heteroatoms. The molecule has 0 saturated heterocycles. The number of para-hydroxylation sites is 1. The van der Waals surface area contributed by atoms with E-state index in [9.17, 15) is 0 Å². The summed E-state index contributed by atoms with van der Waals surface area (Å²) >= 11 is 1.56. The molecule has 2 aromatic heterocycles.